The van der Waals surface area contributed by atoms with Gasteiger partial charge < -0.3 is 15.0 Å². The predicted molar refractivity (Wildman–Crippen MR) is 93.1 cm³/mol. The molecule has 5 nitrogen and oxygen atoms in total. The maximum atomic E-state index is 12.7. The van der Waals surface area contributed by atoms with Crippen LogP contribution in [-0.2, 0) is 16.0 Å². The van der Waals surface area contributed by atoms with Crippen LogP contribution in [0.15, 0.2) is 24.4 Å². The Kier molecular flexibility index (Phi) is 4.30. The van der Waals surface area contributed by atoms with E-state index in [9.17, 15) is 14.7 Å². The van der Waals surface area contributed by atoms with Crippen molar-refractivity contribution in [3.63, 3.8) is 0 Å². The standard InChI is InChI=1S/C18H21ClN2O3/c1-11(2)18(17(23)24)5-6-21(10-18)16(22)7-12-9-20-15-4-3-13(19)8-14(12)15/h3-4,8-9,11,20H,5-7,10H2,1-2H3,(H,23,24). The van der Waals surface area contributed by atoms with Gasteiger partial charge in [-0.15, -0.1) is 0 Å². The average Bonchev–Trinajstić information content (AvgIpc) is 3.13. The number of likely N-dealkylation sites (tertiary alicyclic amines) is 1. The summed E-state index contributed by atoms with van der Waals surface area (Å²) in [5.41, 5.74) is 0.986. The Labute approximate surface area is 145 Å². The van der Waals surface area contributed by atoms with E-state index in [-0.39, 0.29) is 24.8 Å². The molecule has 24 heavy (non-hydrogen) atoms. The summed E-state index contributed by atoms with van der Waals surface area (Å²) in [6, 6.07) is 5.53. The fourth-order valence-electron chi connectivity index (χ4n) is 3.51. The number of carboxylic acids is 1. The number of aromatic amines is 1. The molecule has 128 valence electrons. The van der Waals surface area contributed by atoms with Crippen molar-refractivity contribution in [1.29, 1.82) is 0 Å². The van der Waals surface area contributed by atoms with Crippen LogP contribution in [0, 0.1) is 11.3 Å². The highest BCUT2D eigenvalue weighted by Crippen LogP contribution is 2.38. The van der Waals surface area contributed by atoms with Gasteiger partial charge in [-0.05, 0) is 36.1 Å². The Morgan fingerprint density at radius 3 is 2.79 bits per heavy atom. The van der Waals surface area contributed by atoms with Gasteiger partial charge in [-0.2, -0.15) is 0 Å². The third-order valence-electron chi connectivity index (χ3n) is 5.26. The zero-order valence-electron chi connectivity index (χ0n) is 13.8. The van der Waals surface area contributed by atoms with Crippen molar-refractivity contribution >= 4 is 34.4 Å². The fourth-order valence-corrected chi connectivity index (χ4v) is 3.68. The van der Waals surface area contributed by atoms with Crippen LogP contribution in [0.2, 0.25) is 5.02 Å². The molecule has 1 amide bonds. The van der Waals surface area contributed by atoms with E-state index in [4.69, 9.17) is 11.6 Å². The molecule has 0 spiro atoms. The number of halogens is 1. The molecule has 2 N–H and O–H groups in total. The number of hydrogen-bond acceptors (Lipinski definition) is 2. The molecule has 1 aromatic heterocycles. The average molecular weight is 349 g/mol. The Balaban J connectivity index is 1.78. The lowest BCUT2D eigenvalue weighted by molar-refractivity contribution is -0.151. The summed E-state index contributed by atoms with van der Waals surface area (Å²) in [6.07, 6.45) is 2.57. The quantitative estimate of drug-likeness (QED) is 0.890. The molecule has 1 fully saturated rings. The van der Waals surface area contributed by atoms with E-state index >= 15 is 0 Å². The van der Waals surface area contributed by atoms with Crippen LogP contribution < -0.4 is 0 Å². The largest absolute Gasteiger partial charge is 0.481 e. The third kappa shape index (κ3) is 2.77. The summed E-state index contributed by atoms with van der Waals surface area (Å²) in [5, 5.41) is 11.2. The van der Waals surface area contributed by atoms with E-state index in [1.807, 2.05) is 32.2 Å². The summed E-state index contributed by atoms with van der Waals surface area (Å²) in [7, 11) is 0. The molecule has 1 aliphatic rings. The monoisotopic (exact) mass is 348 g/mol. The third-order valence-corrected chi connectivity index (χ3v) is 5.49. The fraction of sp³-hybridized carbons (Fsp3) is 0.444. The van der Waals surface area contributed by atoms with E-state index in [1.165, 1.54) is 0 Å². The van der Waals surface area contributed by atoms with Gasteiger partial charge >= 0.3 is 5.97 Å². The first-order valence-corrected chi connectivity index (χ1v) is 8.48. The summed E-state index contributed by atoms with van der Waals surface area (Å²) in [6.45, 7) is 4.59. The van der Waals surface area contributed by atoms with Crippen LogP contribution in [0.1, 0.15) is 25.8 Å². The minimum absolute atomic E-state index is 0.0142. The van der Waals surface area contributed by atoms with Gasteiger partial charge in [-0.1, -0.05) is 25.4 Å². The molecule has 1 unspecified atom stereocenters. The van der Waals surface area contributed by atoms with Gasteiger partial charge in [0.15, 0.2) is 0 Å². The minimum Gasteiger partial charge on any atom is -0.481 e. The Morgan fingerprint density at radius 1 is 1.42 bits per heavy atom. The van der Waals surface area contributed by atoms with Crippen molar-refractivity contribution in [2.45, 2.75) is 26.7 Å². The SMILES string of the molecule is CC(C)C1(C(=O)O)CCN(C(=O)Cc2c[nH]c3ccc(Cl)cc23)C1. The maximum absolute atomic E-state index is 12.7. The van der Waals surface area contributed by atoms with Crippen molar-refractivity contribution in [2.24, 2.45) is 11.3 Å². The van der Waals surface area contributed by atoms with Gasteiger partial charge in [0.25, 0.3) is 0 Å². The molecule has 3 rings (SSSR count). The van der Waals surface area contributed by atoms with Crippen LogP contribution in [0.5, 0.6) is 0 Å². The lowest BCUT2D eigenvalue weighted by Gasteiger charge is -2.28. The highest BCUT2D eigenvalue weighted by atomic mass is 35.5. The van der Waals surface area contributed by atoms with Gasteiger partial charge in [-0.3, -0.25) is 9.59 Å². The molecule has 0 bridgehead atoms. The summed E-state index contributed by atoms with van der Waals surface area (Å²) in [5.74, 6) is -0.869. The van der Waals surface area contributed by atoms with Crippen molar-refractivity contribution in [3.8, 4) is 0 Å². The second-order valence-electron chi connectivity index (χ2n) is 6.86. The number of carbonyl (C=O) groups is 2. The lowest BCUT2D eigenvalue weighted by Crippen LogP contribution is -2.41. The number of hydrogen-bond donors (Lipinski definition) is 2. The maximum Gasteiger partial charge on any atom is 0.311 e. The molecule has 0 aliphatic carbocycles. The van der Waals surface area contributed by atoms with E-state index in [0.29, 0.717) is 18.0 Å². The molecule has 1 aromatic carbocycles. The van der Waals surface area contributed by atoms with Gasteiger partial charge in [0.1, 0.15) is 0 Å². The Morgan fingerprint density at radius 2 is 2.17 bits per heavy atom. The summed E-state index contributed by atoms with van der Waals surface area (Å²) in [4.78, 5) is 29.2. The molecule has 1 saturated heterocycles. The predicted octanol–water partition coefficient (Wildman–Crippen LogP) is 3.32. The van der Waals surface area contributed by atoms with Crippen LogP contribution in [0.25, 0.3) is 10.9 Å². The second-order valence-corrected chi connectivity index (χ2v) is 7.30. The number of nitrogens with zero attached hydrogens (tertiary/aromatic N) is 1. The molecule has 2 heterocycles. The number of carbonyl (C=O) groups excluding carboxylic acids is 1. The van der Waals surface area contributed by atoms with Gasteiger partial charge in [0, 0.05) is 35.2 Å². The molecular weight excluding hydrogens is 328 g/mol. The van der Waals surface area contributed by atoms with Crippen LogP contribution in [-0.4, -0.2) is 40.0 Å². The highest BCUT2D eigenvalue weighted by molar-refractivity contribution is 6.31. The topological polar surface area (TPSA) is 73.4 Å². The number of nitrogens with one attached hydrogen (secondary N) is 1. The number of benzene rings is 1. The summed E-state index contributed by atoms with van der Waals surface area (Å²) < 4.78 is 0. The second kappa shape index (κ2) is 6.13. The van der Waals surface area contributed by atoms with Gasteiger partial charge in [-0.25, -0.2) is 0 Å². The highest BCUT2D eigenvalue weighted by Gasteiger charge is 2.48. The molecule has 0 radical (unpaired) electrons. The first-order chi connectivity index (χ1) is 11.3. The van der Waals surface area contributed by atoms with Crippen molar-refractivity contribution in [1.82, 2.24) is 9.88 Å². The van der Waals surface area contributed by atoms with Gasteiger partial charge in [0.2, 0.25) is 5.91 Å². The van der Waals surface area contributed by atoms with E-state index in [1.54, 1.807) is 11.0 Å². The molecule has 2 aromatic rings. The number of rotatable bonds is 4. The smallest absolute Gasteiger partial charge is 0.311 e. The molecule has 1 atom stereocenters. The Hall–Kier alpha value is -2.01. The Bertz CT molecular complexity index is 799. The summed E-state index contributed by atoms with van der Waals surface area (Å²) >= 11 is 6.04. The van der Waals surface area contributed by atoms with Crippen molar-refractivity contribution < 1.29 is 14.7 Å². The van der Waals surface area contributed by atoms with Crippen LogP contribution >= 0.6 is 11.6 Å². The van der Waals surface area contributed by atoms with Gasteiger partial charge in [0.05, 0.1) is 11.8 Å². The lowest BCUT2D eigenvalue weighted by atomic mass is 9.76. The van der Waals surface area contributed by atoms with Crippen molar-refractivity contribution in [2.75, 3.05) is 13.1 Å². The normalized spacial score (nSPS) is 20.9. The number of aromatic nitrogens is 1. The van der Waals surface area contributed by atoms with Crippen LogP contribution in [0.3, 0.4) is 0 Å². The first-order valence-electron chi connectivity index (χ1n) is 8.10. The zero-order valence-corrected chi connectivity index (χ0v) is 14.6. The van der Waals surface area contributed by atoms with E-state index in [0.717, 1.165) is 16.5 Å². The minimum atomic E-state index is -0.834. The number of fused-ring (bicyclic) bond motifs is 1. The number of aliphatic carboxylic acids is 1. The number of carboxylic acid groups (broad SMARTS) is 1. The number of amides is 1. The molecule has 6 heteroatoms. The first kappa shape index (κ1) is 16.8. The molecule has 0 saturated carbocycles. The van der Waals surface area contributed by atoms with Crippen LogP contribution in [0.4, 0.5) is 0 Å². The molecular formula is C18H21ClN2O3. The van der Waals surface area contributed by atoms with E-state index in [2.05, 4.69) is 4.98 Å². The number of H-pyrrole nitrogens is 1. The van der Waals surface area contributed by atoms with Crippen molar-refractivity contribution in [3.05, 3.63) is 35.0 Å². The van der Waals surface area contributed by atoms with E-state index < -0.39 is 11.4 Å². The molecule has 1 aliphatic heterocycles. The zero-order chi connectivity index (χ0) is 17.5.